The lowest BCUT2D eigenvalue weighted by Crippen LogP contribution is -2.37. The Morgan fingerprint density at radius 3 is 1.66 bits per heavy atom. The second kappa shape index (κ2) is 34.6. The zero-order valence-corrected chi connectivity index (χ0v) is 35.4. The van der Waals surface area contributed by atoms with Crippen molar-refractivity contribution >= 4 is 25.5 Å². The number of phosphoric ester groups is 1. The van der Waals surface area contributed by atoms with Gasteiger partial charge in [0.05, 0.1) is 27.7 Å². The van der Waals surface area contributed by atoms with Gasteiger partial charge in [0, 0.05) is 19.3 Å². The Hall–Kier alpha value is -1.84. The van der Waals surface area contributed by atoms with Crippen LogP contribution in [0.4, 0.5) is 0 Å². The number of esters is 2. The van der Waals surface area contributed by atoms with Gasteiger partial charge in [0.15, 0.2) is 11.9 Å². The summed E-state index contributed by atoms with van der Waals surface area (Å²) in [5, 5.41) is 0. The molecule has 0 aromatic heterocycles. The third kappa shape index (κ3) is 38.2. The average Bonchev–Trinajstić information content (AvgIpc) is 3.10. The molecule has 0 rings (SSSR count). The van der Waals surface area contributed by atoms with Crippen molar-refractivity contribution < 1.29 is 46.8 Å². The highest BCUT2D eigenvalue weighted by Gasteiger charge is 2.27. The van der Waals surface area contributed by atoms with Crippen LogP contribution in [-0.2, 0) is 37.5 Å². The van der Waals surface area contributed by atoms with E-state index in [0.29, 0.717) is 23.9 Å². The molecule has 0 aliphatic rings. The van der Waals surface area contributed by atoms with E-state index >= 15 is 0 Å². The highest BCUT2D eigenvalue weighted by atomic mass is 31.2. The van der Waals surface area contributed by atoms with Gasteiger partial charge in [-0.05, 0) is 38.2 Å². The number of ether oxygens (including phenoxy) is 2. The van der Waals surface area contributed by atoms with E-state index in [-0.39, 0.29) is 31.8 Å². The SMILES string of the molecule is CCCCC/C=C\C=C\C(=O)CCCCCCCC(=O)O[C@H](COC(=O)CCCCCCCCCCCCCCC)COP(=O)(O)OCC[N+](C)(C)C. The Bertz CT molecular complexity index is 1020. The number of likely N-dealkylation sites (N-methyl/N-ethyl adjacent to an activating group) is 1. The maximum atomic E-state index is 12.6. The van der Waals surface area contributed by atoms with Crippen LogP contribution in [0.25, 0.3) is 0 Å². The van der Waals surface area contributed by atoms with Crippen LogP contribution >= 0.6 is 7.82 Å². The number of phosphoric acid groups is 1. The van der Waals surface area contributed by atoms with Gasteiger partial charge in [-0.25, -0.2) is 4.57 Å². The smallest absolute Gasteiger partial charge is 0.462 e. The molecule has 0 saturated heterocycles. The number of rotatable bonds is 38. The van der Waals surface area contributed by atoms with Crippen LogP contribution in [0.3, 0.4) is 0 Å². The number of ketones is 1. The first kappa shape index (κ1) is 51.2. The molecule has 0 aliphatic heterocycles. The minimum absolute atomic E-state index is 0.0112. The molecule has 2 atom stereocenters. The fourth-order valence-electron chi connectivity index (χ4n) is 5.58. The molecule has 1 N–H and O–H groups in total. The van der Waals surface area contributed by atoms with Gasteiger partial charge in [-0.3, -0.25) is 23.4 Å². The van der Waals surface area contributed by atoms with Crippen LogP contribution < -0.4 is 0 Å². The predicted octanol–water partition coefficient (Wildman–Crippen LogP) is 10.8. The lowest BCUT2D eigenvalue weighted by atomic mass is 10.0. The summed E-state index contributed by atoms with van der Waals surface area (Å²) < 4.78 is 34.1. The molecule has 10 nitrogen and oxygen atoms in total. The Labute approximate surface area is 324 Å². The Morgan fingerprint density at radius 1 is 0.623 bits per heavy atom. The largest absolute Gasteiger partial charge is 0.472 e. The Kier molecular flexibility index (Phi) is 33.4. The molecule has 0 bridgehead atoms. The van der Waals surface area contributed by atoms with Crippen molar-refractivity contribution in [3.63, 3.8) is 0 Å². The van der Waals surface area contributed by atoms with Crippen molar-refractivity contribution in [1.82, 2.24) is 0 Å². The molecule has 0 aromatic carbocycles. The van der Waals surface area contributed by atoms with Crippen LogP contribution in [0.15, 0.2) is 24.3 Å². The van der Waals surface area contributed by atoms with Crippen molar-refractivity contribution in [2.45, 2.75) is 180 Å². The second-order valence-electron chi connectivity index (χ2n) is 15.4. The van der Waals surface area contributed by atoms with Gasteiger partial charge >= 0.3 is 19.8 Å². The molecule has 0 aliphatic carbocycles. The first-order chi connectivity index (χ1) is 25.4. The summed E-state index contributed by atoms with van der Waals surface area (Å²) in [4.78, 5) is 47.3. The molecule has 0 spiro atoms. The zero-order chi connectivity index (χ0) is 39.5. The topological polar surface area (TPSA) is 125 Å². The zero-order valence-electron chi connectivity index (χ0n) is 34.5. The van der Waals surface area contributed by atoms with E-state index in [9.17, 15) is 23.8 Å². The summed E-state index contributed by atoms with van der Waals surface area (Å²) in [5.74, 6) is -0.766. The third-order valence-electron chi connectivity index (χ3n) is 8.96. The van der Waals surface area contributed by atoms with E-state index in [1.165, 1.54) is 83.5 Å². The molecule has 0 fully saturated rings. The Balaban J connectivity index is 4.47. The van der Waals surface area contributed by atoms with E-state index in [1.807, 2.05) is 33.3 Å². The molecule has 0 saturated carbocycles. The maximum absolute atomic E-state index is 12.6. The van der Waals surface area contributed by atoms with Gasteiger partial charge in [0.25, 0.3) is 0 Å². The van der Waals surface area contributed by atoms with E-state index in [4.69, 9.17) is 18.5 Å². The monoisotopic (exact) mass is 773 g/mol. The number of unbranched alkanes of at least 4 members (excludes halogenated alkanes) is 19. The number of hydrogen-bond donors (Lipinski definition) is 1. The predicted molar refractivity (Wildman–Crippen MR) is 216 cm³/mol. The fraction of sp³-hybridized carbons (Fsp3) is 0.833. The number of allylic oxidation sites excluding steroid dienone is 4. The van der Waals surface area contributed by atoms with Crippen molar-refractivity contribution in [2.24, 2.45) is 0 Å². The minimum atomic E-state index is -4.40. The van der Waals surface area contributed by atoms with E-state index < -0.39 is 32.5 Å². The number of quaternary nitrogens is 1. The number of carbonyl (C=O) groups excluding carboxylic acids is 3. The van der Waals surface area contributed by atoms with E-state index in [0.717, 1.165) is 51.4 Å². The van der Waals surface area contributed by atoms with Crippen molar-refractivity contribution in [2.75, 3.05) is 47.5 Å². The highest BCUT2D eigenvalue weighted by molar-refractivity contribution is 7.47. The molecule has 310 valence electrons. The van der Waals surface area contributed by atoms with Gasteiger partial charge in [0.1, 0.15) is 19.8 Å². The standard InChI is InChI=1S/C42H78NO9P/c1-6-8-10-12-14-15-16-17-18-19-21-25-29-33-41(45)49-37-40(38-51-53(47,48)50-36-35-43(3,4)5)52-42(46)34-30-26-22-24-28-32-39(44)31-27-23-20-13-11-9-7-2/h20,23,27,31,40H,6-19,21-22,24-26,28-30,32-38H2,1-5H3/p+1/b23-20-,31-27+/t40-/m1/s1. The van der Waals surface area contributed by atoms with Crippen LogP contribution in [0.5, 0.6) is 0 Å². The second-order valence-corrected chi connectivity index (χ2v) is 16.9. The van der Waals surface area contributed by atoms with Crippen LogP contribution in [0.2, 0.25) is 0 Å². The lowest BCUT2D eigenvalue weighted by Gasteiger charge is -2.24. The average molecular weight is 773 g/mol. The van der Waals surface area contributed by atoms with Crippen LogP contribution in [0.1, 0.15) is 174 Å². The molecule has 11 heteroatoms. The van der Waals surface area contributed by atoms with Crippen molar-refractivity contribution in [3.8, 4) is 0 Å². The molecular weight excluding hydrogens is 693 g/mol. The van der Waals surface area contributed by atoms with Gasteiger partial charge < -0.3 is 18.9 Å². The van der Waals surface area contributed by atoms with Gasteiger partial charge in [0.2, 0.25) is 0 Å². The van der Waals surface area contributed by atoms with E-state index in [2.05, 4.69) is 19.9 Å². The maximum Gasteiger partial charge on any atom is 0.472 e. The molecule has 0 heterocycles. The summed E-state index contributed by atoms with van der Waals surface area (Å²) >= 11 is 0. The quantitative estimate of drug-likeness (QED) is 0.0163. The summed E-state index contributed by atoms with van der Waals surface area (Å²) in [7, 11) is 1.40. The minimum Gasteiger partial charge on any atom is -0.462 e. The molecule has 0 radical (unpaired) electrons. The number of hydrogen-bond acceptors (Lipinski definition) is 8. The van der Waals surface area contributed by atoms with Gasteiger partial charge in [-0.2, -0.15) is 0 Å². The fourth-order valence-corrected chi connectivity index (χ4v) is 6.32. The summed E-state index contributed by atoms with van der Waals surface area (Å²) in [6.07, 6.45) is 31.8. The summed E-state index contributed by atoms with van der Waals surface area (Å²) in [6.45, 7) is 4.23. The van der Waals surface area contributed by atoms with Crippen LogP contribution in [-0.4, -0.2) is 80.7 Å². The molecule has 0 aromatic rings. The first-order valence-corrected chi connectivity index (χ1v) is 22.5. The number of carbonyl (C=O) groups is 3. The molecule has 53 heavy (non-hydrogen) atoms. The molecular formula is C42H79NO9P+. The Morgan fingerprint density at radius 2 is 1.11 bits per heavy atom. The highest BCUT2D eigenvalue weighted by Crippen LogP contribution is 2.43. The summed E-state index contributed by atoms with van der Waals surface area (Å²) in [5.41, 5.74) is 0. The lowest BCUT2D eigenvalue weighted by molar-refractivity contribution is -0.870. The van der Waals surface area contributed by atoms with Gasteiger partial charge in [-0.15, -0.1) is 0 Å². The summed E-state index contributed by atoms with van der Waals surface area (Å²) in [6, 6.07) is 0. The van der Waals surface area contributed by atoms with Crippen molar-refractivity contribution in [1.29, 1.82) is 0 Å². The molecule has 1 unspecified atom stereocenters. The van der Waals surface area contributed by atoms with Gasteiger partial charge in [-0.1, -0.05) is 141 Å². The number of nitrogens with zero attached hydrogens (tertiary/aromatic N) is 1. The third-order valence-corrected chi connectivity index (χ3v) is 9.94. The van der Waals surface area contributed by atoms with Crippen LogP contribution in [0, 0.1) is 0 Å². The first-order valence-electron chi connectivity index (χ1n) is 21.0. The molecule has 0 amide bonds. The normalized spacial score (nSPS) is 13.8. The van der Waals surface area contributed by atoms with E-state index in [1.54, 1.807) is 6.08 Å². The van der Waals surface area contributed by atoms with Crippen molar-refractivity contribution in [3.05, 3.63) is 24.3 Å².